The molecule has 2 saturated heterocycles. The third-order valence-corrected chi connectivity index (χ3v) is 9.98. The van der Waals surface area contributed by atoms with Crippen molar-refractivity contribution in [3.63, 3.8) is 0 Å². The van der Waals surface area contributed by atoms with Crippen molar-refractivity contribution in [2.45, 2.75) is 70.1 Å². The van der Waals surface area contributed by atoms with Crippen molar-refractivity contribution in [2.75, 3.05) is 51.0 Å². The molecule has 6 heterocycles. The molecule has 7 rings (SSSR count). The number of rotatable bonds is 6. The molecule has 264 valence electrons. The lowest BCUT2D eigenvalue weighted by Gasteiger charge is -2.34. The van der Waals surface area contributed by atoms with Crippen molar-refractivity contribution in [3.8, 4) is 17.9 Å². The van der Waals surface area contributed by atoms with E-state index in [0.717, 1.165) is 49.7 Å². The summed E-state index contributed by atoms with van der Waals surface area (Å²) in [5, 5.41) is 4.48. The van der Waals surface area contributed by atoms with Gasteiger partial charge in [-0.15, -0.1) is 5.92 Å². The van der Waals surface area contributed by atoms with E-state index >= 15 is 4.39 Å². The molecule has 0 saturated carbocycles. The number of hydrogen-bond donors (Lipinski definition) is 1. The zero-order valence-electron chi connectivity index (χ0n) is 28.2. The van der Waals surface area contributed by atoms with Crippen LogP contribution in [0.4, 0.5) is 29.1 Å². The first-order valence-corrected chi connectivity index (χ1v) is 16.5. The number of fused-ring (bicyclic) bond motifs is 3. The molecule has 0 aliphatic carbocycles. The van der Waals surface area contributed by atoms with Crippen LogP contribution in [0.3, 0.4) is 0 Å². The first kappa shape index (κ1) is 33.8. The molecule has 0 radical (unpaired) electrons. The van der Waals surface area contributed by atoms with Gasteiger partial charge in [-0.2, -0.15) is 28.2 Å². The summed E-state index contributed by atoms with van der Waals surface area (Å²) in [5.74, 6) is 3.97. The molecule has 0 spiro atoms. The molecule has 1 amide bonds. The molecule has 0 unspecified atom stereocenters. The van der Waals surface area contributed by atoms with Crippen LogP contribution in [-0.2, 0) is 37.0 Å². The monoisotopic (exact) mass is 694 g/mol. The number of hydrogen-bond acceptors (Lipinski definition) is 9. The smallest absolute Gasteiger partial charge is 0.418 e. The summed E-state index contributed by atoms with van der Waals surface area (Å²) in [7, 11) is 3.32. The van der Waals surface area contributed by atoms with Crippen molar-refractivity contribution < 1.29 is 31.8 Å². The van der Waals surface area contributed by atoms with Gasteiger partial charge in [0.05, 0.1) is 54.0 Å². The maximum absolute atomic E-state index is 15.7. The number of alkyl halides is 3. The summed E-state index contributed by atoms with van der Waals surface area (Å²) >= 11 is 0. The van der Waals surface area contributed by atoms with Gasteiger partial charge in [0.15, 0.2) is 11.5 Å². The highest BCUT2D eigenvalue weighted by atomic mass is 19.4. The number of nitrogen functional groups attached to an aromatic ring is 1. The van der Waals surface area contributed by atoms with E-state index in [-0.39, 0.29) is 30.5 Å². The van der Waals surface area contributed by atoms with Gasteiger partial charge >= 0.3 is 12.2 Å². The highest BCUT2D eigenvalue weighted by Crippen LogP contribution is 2.45. The molecule has 2 fully saturated rings. The predicted octanol–water partition coefficient (Wildman–Crippen LogP) is 4.49. The second kappa shape index (κ2) is 12.6. The Labute approximate surface area is 287 Å². The van der Waals surface area contributed by atoms with Crippen molar-refractivity contribution in [1.29, 1.82) is 0 Å². The van der Waals surface area contributed by atoms with Crippen LogP contribution >= 0.6 is 0 Å². The Bertz CT molecular complexity index is 1950. The molecule has 4 aliphatic rings. The van der Waals surface area contributed by atoms with Crippen LogP contribution < -0.4 is 15.4 Å². The van der Waals surface area contributed by atoms with Gasteiger partial charge in [-0.1, -0.05) is 18.1 Å². The van der Waals surface area contributed by atoms with E-state index in [2.05, 4.69) is 28.4 Å². The third-order valence-electron chi connectivity index (χ3n) is 9.98. The van der Waals surface area contributed by atoms with Crippen LogP contribution in [0.5, 0.6) is 6.01 Å². The van der Waals surface area contributed by atoms with Gasteiger partial charge in [-0.25, -0.2) is 4.39 Å². The van der Waals surface area contributed by atoms with Crippen molar-refractivity contribution in [3.05, 3.63) is 69.4 Å². The second-order valence-corrected chi connectivity index (χ2v) is 13.6. The molecular formula is C35H38F4N8O3. The molecule has 15 heteroatoms. The van der Waals surface area contributed by atoms with Crippen LogP contribution in [0.15, 0.2) is 24.3 Å². The van der Waals surface area contributed by atoms with Crippen LogP contribution in [0.2, 0.25) is 0 Å². The molecule has 4 aliphatic heterocycles. The van der Waals surface area contributed by atoms with Crippen LogP contribution in [0.25, 0.3) is 0 Å². The fourth-order valence-electron chi connectivity index (χ4n) is 7.71. The molecule has 1 aromatic carbocycles. The van der Waals surface area contributed by atoms with Gasteiger partial charge in [-0.3, -0.25) is 14.4 Å². The minimum atomic E-state index is -4.93. The van der Waals surface area contributed by atoms with Crippen molar-refractivity contribution in [1.82, 2.24) is 29.5 Å². The van der Waals surface area contributed by atoms with E-state index < -0.39 is 40.5 Å². The van der Waals surface area contributed by atoms with Gasteiger partial charge in [0.2, 0.25) is 0 Å². The summed E-state index contributed by atoms with van der Waals surface area (Å²) < 4.78 is 73.4. The van der Waals surface area contributed by atoms with E-state index in [1.54, 1.807) is 24.8 Å². The number of carbonyl (C=O) groups excluding carboxylic acids is 1. The highest BCUT2D eigenvalue weighted by Gasteiger charge is 2.47. The Morgan fingerprint density at radius 3 is 2.76 bits per heavy atom. The summed E-state index contributed by atoms with van der Waals surface area (Å²) in [6.07, 6.45) is -3.72. The van der Waals surface area contributed by atoms with Crippen molar-refractivity contribution >= 4 is 17.4 Å². The number of nitrogens with two attached hydrogens (primary N) is 1. The maximum atomic E-state index is 15.7. The molecular weight excluding hydrogens is 656 g/mol. The Hall–Kier alpha value is -4.68. The first-order valence-electron chi connectivity index (χ1n) is 16.5. The van der Waals surface area contributed by atoms with Gasteiger partial charge in [-0.05, 0) is 44.9 Å². The minimum absolute atomic E-state index is 0.0716. The average Bonchev–Trinajstić information content (AvgIpc) is 3.75. The lowest BCUT2D eigenvalue weighted by atomic mass is 9.90. The Balaban J connectivity index is 1.27. The average molecular weight is 695 g/mol. The Morgan fingerprint density at radius 1 is 1.22 bits per heavy atom. The van der Waals surface area contributed by atoms with Gasteiger partial charge in [0.1, 0.15) is 12.4 Å². The largest absolute Gasteiger partial charge is 0.461 e. The number of amides is 1. The molecule has 3 aromatic rings. The lowest BCUT2D eigenvalue weighted by Crippen LogP contribution is -2.43. The number of benzene rings is 1. The number of nitrogens with zero attached hydrogens (tertiary/aromatic N) is 7. The summed E-state index contributed by atoms with van der Waals surface area (Å²) in [6, 6.07) is 2.72. The van der Waals surface area contributed by atoms with E-state index in [1.165, 1.54) is 11.8 Å². The topological polar surface area (TPSA) is 115 Å². The molecule has 2 N–H and O–H groups in total. The fourth-order valence-corrected chi connectivity index (χ4v) is 7.71. The SMILES string of the molecule is C=C1CN2CCC[C@@]2(COc2nc3c(c(N4CCn5nc(C(=O)N(C)C)cc5C4)n2)CO[C@@H](c2c(F)c(N)cc(C#CC)c2C(F)(F)F)C3)C1. The zero-order chi connectivity index (χ0) is 35.5. The number of anilines is 2. The molecule has 11 nitrogen and oxygen atoms in total. The molecule has 2 aromatic heterocycles. The quantitative estimate of drug-likeness (QED) is 0.173. The van der Waals surface area contributed by atoms with Crippen LogP contribution in [-0.4, -0.2) is 81.3 Å². The second-order valence-electron chi connectivity index (χ2n) is 13.6. The lowest BCUT2D eigenvalue weighted by molar-refractivity contribution is -0.140. The van der Waals surface area contributed by atoms with E-state index in [0.29, 0.717) is 49.0 Å². The number of carbonyl (C=O) groups is 1. The molecule has 50 heavy (non-hydrogen) atoms. The molecule has 2 atom stereocenters. The summed E-state index contributed by atoms with van der Waals surface area (Å²) in [6.45, 7) is 8.73. The van der Waals surface area contributed by atoms with Crippen molar-refractivity contribution in [2.24, 2.45) is 0 Å². The number of halogens is 4. The standard InChI is InChI=1S/C35H38F4N8O3/c1-5-7-21-12-24(40)30(36)28(29(21)35(37,38)39)27-14-25-23(18-49-27)31(45-10-11-47-22(17-45)13-26(43-47)32(48)44(3)4)42-33(41-25)50-19-34-8-6-9-46(34)16-20(2)15-34/h12-13,27H,2,6,8-11,14-19,40H2,1,3-4H3/t27-,34+/m1/s1. The number of ether oxygens (including phenoxy) is 2. The summed E-state index contributed by atoms with van der Waals surface area (Å²) in [4.78, 5) is 28.0. The third kappa shape index (κ3) is 5.94. The Kier molecular flexibility index (Phi) is 8.50. The van der Waals surface area contributed by atoms with E-state index in [4.69, 9.17) is 25.2 Å². The maximum Gasteiger partial charge on any atom is 0.418 e. The fraction of sp³-hybridized carbons (Fsp3) is 0.486. The van der Waals surface area contributed by atoms with Crippen LogP contribution in [0, 0.1) is 17.7 Å². The first-order chi connectivity index (χ1) is 23.8. The highest BCUT2D eigenvalue weighted by molar-refractivity contribution is 5.92. The normalized spacial score (nSPS) is 21.7. The zero-order valence-corrected chi connectivity index (χ0v) is 28.2. The van der Waals surface area contributed by atoms with E-state index in [1.807, 2.05) is 4.90 Å². The van der Waals surface area contributed by atoms with Gasteiger partial charge < -0.3 is 25.0 Å². The Morgan fingerprint density at radius 2 is 2.02 bits per heavy atom. The number of aromatic nitrogens is 4. The minimum Gasteiger partial charge on any atom is -0.461 e. The summed E-state index contributed by atoms with van der Waals surface area (Å²) in [5.41, 5.74) is 6.05. The van der Waals surface area contributed by atoms with Gasteiger partial charge in [0.25, 0.3) is 5.91 Å². The van der Waals surface area contributed by atoms with E-state index in [9.17, 15) is 18.0 Å². The van der Waals surface area contributed by atoms with Gasteiger partial charge in [0, 0.05) is 50.3 Å². The van der Waals surface area contributed by atoms with Crippen LogP contribution in [0.1, 0.15) is 76.4 Å². The molecule has 0 bridgehead atoms. The predicted molar refractivity (Wildman–Crippen MR) is 176 cm³/mol.